The van der Waals surface area contributed by atoms with Gasteiger partial charge in [0.2, 0.25) is 5.91 Å². The molecule has 4 rings (SSSR count). The third-order valence-corrected chi connectivity index (χ3v) is 7.17. The summed E-state index contributed by atoms with van der Waals surface area (Å²) in [7, 11) is 1.26. The molecule has 0 aliphatic rings. The van der Waals surface area contributed by atoms with E-state index in [4.69, 9.17) is 16.3 Å². The SMILES string of the molecule is C=CCn1c(SCC(=O)Nc2scc(-c3ccc(F)cc3)c2C(=O)OC)nnc1-c1ccc(Cl)cc1. The number of thiophene rings is 1. The summed E-state index contributed by atoms with van der Waals surface area (Å²) >= 11 is 8.39. The Morgan fingerprint density at radius 3 is 2.53 bits per heavy atom. The van der Waals surface area contributed by atoms with Crippen molar-refractivity contribution in [3.63, 3.8) is 0 Å². The number of allylic oxidation sites excluding steroid dienone is 1. The van der Waals surface area contributed by atoms with Gasteiger partial charge in [0, 0.05) is 28.1 Å². The highest BCUT2D eigenvalue weighted by molar-refractivity contribution is 7.99. The van der Waals surface area contributed by atoms with Crippen LogP contribution in [0.25, 0.3) is 22.5 Å². The maximum Gasteiger partial charge on any atom is 0.341 e. The van der Waals surface area contributed by atoms with Crippen molar-refractivity contribution in [1.29, 1.82) is 0 Å². The van der Waals surface area contributed by atoms with Gasteiger partial charge in [0.15, 0.2) is 11.0 Å². The largest absolute Gasteiger partial charge is 0.465 e. The number of halogens is 2. The number of carbonyl (C=O) groups is 2. The van der Waals surface area contributed by atoms with Crippen molar-refractivity contribution in [2.45, 2.75) is 11.7 Å². The van der Waals surface area contributed by atoms with E-state index in [-0.39, 0.29) is 23.0 Å². The van der Waals surface area contributed by atoms with Crippen molar-refractivity contribution in [2.75, 3.05) is 18.2 Å². The van der Waals surface area contributed by atoms with Gasteiger partial charge in [-0.3, -0.25) is 9.36 Å². The van der Waals surface area contributed by atoms with Gasteiger partial charge in [-0.1, -0.05) is 41.6 Å². The second-order valence-electron chi connectivity index (χ2n) is 7.40. The number of methoxy groups -OCH3 is 1. The Bertz CT molecular complexity index is 1400. The van der Waals surface area contributed by atoms with Gasteiger partial charge in [0.25, 0.3) is 0 Å². The summed E-state index contributed by atoms with van der Waals surface area (Å²) < 4.78 is 20.1. The van der Waals surface area contributed by atoms with E-state index in [0.717, 1.165) is 5.56 Å². The van der Waals surface area contributed by atoms with E-state index in [1.807, 2.05) is 16.7 Å². The predicted molar refractivity (Wildman–Crippen MR) is 141 cm³/mol. The van der Waals surface area contributed by atoms with E-state index in [1.54, 1.807) is 35.7 Å². The Kier molecular flexibility index (Phi) is 8.19. The molecule has 0 aliphatic carbocycles. The maximum absolute atomic E-state index is 13.4. The molecule has 0 aliphatic heterocycles. The molecule has 7 nitrogen and oxygen atoms in total. The zero-order valence-electron chi connectivity index (χ0n) is 19.0. The number of thioether (sulfide) groups is 1. The number of hydrogen-bond donors (Lipinski definition) is 1. The standard InChI is InChI=1S/C25H20ClFN4O3S2/c1-3-12-31-22(16-4-8-17(26)9-5-16)29-30-25(31)36-14-20(32)28-23-21(24(33)34-2)19(13-35-23)15-6-10-18(27)11-7-15/h3-11,13H,1,12,14H2,2H3,(H,28,32). The van der Waals surface area contributed by atoms with E-state index in [0.29, 0.717) is 38.7 Å². The number of amides is 1. The van der Waals surface area contributed by atoms with Crippen LogP contribution in [0, 0.1) is 5.82 Å². The Labute approximate surface area is 220 Å². The second-order valence-corrected chi connectivity index (χ2v) is 9.66. The third kappa shape index (κ3) is 5.67. The third-order valence-electron chi connectivity index (χ3n) is 5.05. The molecule has 1 N–H and O–H groups in total. The van der Waals surface area contributed by atoms with Crippen molar-refractivity contribution < 1.29 is 18.7 Å². The number of esters is 1. The van der Waals surface area contributed by atoms with Crippen LogP contribution in [0.4, 0.5) is 9.39 Å². The van der Waals surface area contributed by atoms with Gasteiger partial charge in [-0.15, -0.1) is 28.1 Å². The first-order valence-corrected chi connectivity index (χ1v) is 12.8. The molecule has 36 heavy (non-hydrogen) atoms. The second kappa shape index (κ2) is 11.5. The van der Waals surface area contributed by atoms with E-state index >= 15 is 0 Å². The number of carbonyl (C=O) groups excluding carboxylic acids is 2. The van der Waals surface area contributed by atoms with Crippen molar-refractivity contribution in [3.8, 4) is 22.5 Å². The number of hydrogen-bond acceptors (Lipinski definition) is 7. The van der Waals surface area contributed by atoms with Crippen LogP contribution < -0.4 is 5.32 Å². The van der Waals surface area contributed by atoms with Crippen LogP contribution in [-0.4, -0.2) is 39.5 Å². The van der Waals surface area contributed by atoms with Crippen LogP contribution in [0.5, 0.6) is 0 Å². The minimum Gasteiger partial charge on any atom is -0.465 e. The van der Waals surface area contributed by atoms with Crippen molar-refractivity contribution in [2.24, 2.45) is 0 Å². The number of anilines is 1. The minimum absolute atomic E-state index is 0.0281. The smallest absolute Gasteiger partial charge is 0.341 e. The van der Waals surface area contributed by atoms with Crippen LogP contribution in [-0.2, 0) is 16.1 Å². The Morgan fingerprint density at radius 2 is 1.86 bits per heavy atom. The lowest BCUT2D eigenvalue weighted by atomic mass is 10.0. The average molecular weight is 543 g/mol. The molecule has 1 amide bonds. The molecule has 0 saturated heterocycles. The van der Waals surface area contributed by atoms with Crippen molar-refractivity contribution >= 4 is 51.6 Å². The molecule has 4 aromatic rings. The lowest BCUT2D eigenvalue weighted by molar-refractivity contribution is -0.113. The molecule has 184 valence electrons. The topological polar surface area (TPSA) is 86.1 Å². The van der Waals surface area contributed by atoms with E-state index < -0.39 is 5.97 Å². The molecule has 0 radical (unpaired) electrons. The lowest BCUT2D eigenvalue weighted by Crippen LogP contribution is -2.16. The molecule has 2 heterocycles. The van der Waals surface area contributed by atoms with Crippen LogP contribution >= 0.6 is 34.7 Å². The minimum atomic E-state index is -0.600. The van der Waals surface area contributed by atoms with Gasteiger partial charge in [-0.05, 0) is 42.0 Å². The van der Waals surface area contributed by atoms with Gasteiger partial charge in [-0.2, -0.15) is 0 Å². The Hall–Kier alpha value is -3.47. The zero-order chi connectivity index (χ0) is 25.7. The van der Waals surface area contributed by atoms with Crippen LogP contribution in [0.3, 0.4) is 0 Å². The highest BCUT2D eigenvalue weighted by Gasteiger charge is 2.23. The summed E-state index contributed by atoms with van der Waals surface area (Å²) in [5, 5.41) is 14.5. The molecule has 0 bridgehead atoms. The molecule has 0 spiro atoms. The van der Waals surface area contributed by atoms with E-state index in [9.17, 15) is 14.0 Å². The van der Waals surface area contributed by atoms with E-state index in [1.165, 1.54) is 42.3 Å². The van der Waals surface area contributed by atoms with Gasteiger partial charge in [0.1, 0.15) is 16.4 Å². The lowest BCUT2D eigenvalue weighted by Gasteiger charge is -2.09. The van der Waals surface area contributed by atoms with Crippen LogP contribution in [0.15, 0.2) is 71.7 Å². The van der Waals surface area contributed by atoms with Gasteiger partial charge in [0.05, 0.1) is 12.9 Å². The predicted octanol–water partition coefficient (Wildman–Crippen LogP) is 6.17. The van der Waals surface area contributed by atoms with Gasteiger partial charge < -0.3 is 10.1 Å². The molecule has 2 aromatic heterocycles. The molecule has 0 unspecified atom stereocenters. The molecule has 2 aromatic carbocycles. The van der Waals surface area contributed by atoms with Gasteiger partial charge in [-0.25, -0.2) is 9.18 Å². The first-order chi connectivity index (χ1) is 17.4. The Morgan fingerprint density at radius 1 is 1.17 bits per heavy atom. The number of benzene rings is 2. The summed E-state index contributed by atoms with van der Waals surface area (Å²) in [5.41, 5.74) is 2.23. The average Bonchev–Trinajstić information content (AvgIpc) is 3.48. The summed E-state index contributed by atoms with van der Waals surface area (Å²) in [4.78, 5) is 25.3. The van der Waals surface area contributed by atoms with Gasteiger partial charge >= 0.3 is 5.97 Å². The number of rotatable bonds is 9. The van der Waals surface area contributed by atoms with Crippen molar-refractivity contribution in [3.05, 3.63) is 83.0 Å². The molecule has 11 heteroatoms. The Balaban J connectivity index is 1.52. The molecule has 0 atom stereocenters. The van der Waals surface area contributed by atoms with Crippen LogP contribution in [0.2, 0.25) is 5.02 Å². The monoisotopic (exact) mass is 542 g/mol. The summed E-state index contributed by atoms with van der Waals surface area (Å²) in [6.07, 6.45) is 1.72. The molecule has 0 saturated carbocycles. The summed E-state index contributed by atoms with van der Waals surface area (Å²) in [5.74, 6) is -0.664. The summed E-state index contributed by atoms with van der Waals surface area (Å²) in [6.45, 7) is 4.25. The fraction of sp³-hybridized carbons (Fsp3) is 0.120. The number of nitrogens with one attached hydrogen (secondary N) is 1. The van der Waals surface area contributed by atoms with Crippen LogP contribution in [0.1, 0.15) is 10.4 Å². The normalized spacial score (nSPS) is 10.8. The molecular formula is C25H20ClFN4O3S2. The number of nitrogens with zero attached hydrogens (tertiary/aromatic N) is 3. The quantitative estimate of drug-likeness (QED) is 0.155. The molecule has 0 fully saturated rings. The first-order valence-electron chi connectivity index (χ1n) is 10.6. The number of ether oxygens (including phenoxy) is 1. The fourth-order valence-electron chi connectivity index (χ4n) is 3.39. The zero-order valence-corrected chi connectivity index (χ0v) is 21.4. The number of aromatic nitrogens is 3. The highest BCUT2D eigenvalue weighted by Crippen LogP contribution is 2.36. The molecular weight excluding hydrogens is 523 g/mol. The fourth-order valence-corrected chi connectivity index (χ4v) is 5.24. The summed E-state index contributed by atoms with van der Waals surface area (Å²) in [6, 6.07) is 13.0. The van der Waals surface area contributed by atoms with E-state index in [2.05, 4.69) is 22.1 Å². The maximum atomic E-state index is 13.4. The first kappa shape index (κ1) is 25.6. The highest BCUT2D eigenvalue weighted by atomic mass is 35.5. The van der Waals surface area contributed by atoms with Crippen molar-refractivity contribution in [1.82, 2.24) is 14.8 Å².